The molecule has 1 fully saturated rings. The van der Waals surface area contributed by atoms with Gasteiger partial charge in [0.1, 0.15) is 11.6 Å². The Morgan fingerprint density at radius 2 is 1.65 bits per heavy atom. The van der Waals surface area contributed by atoms with Gasteiger partial charge in [-0.1, -0.05) is 38.1 Å². The molecule has 0 N–H and O–H groups in total. The lowest BCUT2D eigenvalue weighted by molar-refractivity contribution is -0.137. The van der Waals surface area contributed by atoms with Crippen LogP contribution in [0.15, 0.2) is 42.5 Å². The molecule has 1 atom stereocenters. The van der Waals surface area contributed by atoms with Crippen molar-refractivity contribution in [3.8, 4) is 5.75 Å². The van der Waals surface area contributed by atoms with E-state index in [0.29, 0.717) is 32.6 Å². The third kappa shape index (κ3) is 5.43. The van der Waals surface area contributed by atoms with Gasteiger partial charge in [-0.15, -0.1) is 0 Å². The van der Waals surface area contributed by atoms with Gasteiger partial charge in [0.05, 0.1) is 5.56 Å². The quantitative estimate of drug-likeness (QED) is 0.712. The number of amides is 2. The molecule has 2 amide bonds. The first-order valence-electron chi connectivity index (χ1n) is 10.9. The number of hydrogen-bond donors (Lipinski definition) is 0. The topological polar surface area (TPSA) is 49.9 Å². The van der Waals surface area contributed by atoms with Crippen LogP contribution in [-0.4, -0.2) is 53.9 Å². The molecule has 0 aliphatic carbocycles. The normalized spacial score (nSPS) is 15.5. The molecule has 0 radical (unpaired) electrons. The zero-order valence-corrected chi connectivity index (χ0v) is 18.7. The summed E-state index contributed by atoms with van der Waals surface area (Å²) in [6, 6.07) is 12.1. The third-order valence-electron chi connectivity index (χ3n) is 5.64. The van der Waals surface area contributed by atoms with E-state index in [1.54, 1.807) is 28.9 Å². The number of ether oxygens (including phenoxy) is 1. The Morgan fingerprint density at radius 1 is 0.968 bits per heavy atom. The molecule has 5 nitrogen and oxygen atoms in total. The van der Waals surface area contributed by atoms with Crippen LogP contribution >= 0.6 is 0 Å². The summed E-state index contributed by atoms with van der Waals surface area (Å²) in [4.78, 5) is 29.1. The third-order valence-corrected chi connectivity index (χ3v) is 5.64. The summed E-state index contributed by atoms with van der Waals surface area (Å²) in [5.74, 6) is 0.0660. The first-order valence-corrected chi connectivity index (χ1v) is 10.9. The number of carbonyl (C=O) groups is 2. The lowest BCUT2D eigenvalue weighted by atomic mass is 10.0. The Kier molecular flexibility index (Phi) is 7.31. The molecule has 1 aliphatic heterocycles. The monoisotopic (exact) mass is 426 g/mol. The molecule has 1 saturated heterocycles. The second-order valence-electron chi connectivity index (χ2n) is 8.41. The van der Waals surface area contributed by atoms with E-state index in [4.69, 9.17) is 4.74 Å². The summed E-state index contributed by atoms with van der Waals surface area (Å²) in [7, 11) is 0. The lowest BCUT2D eigenvalue weighted by Gasteiger charge is -2.26. The van der Waals surface area contributed by atoms with Crippen LogP contribution in [0.4, 0.5) is 4.39 Å². The lowest BCUT2D eigenvalue weighted by Crippen LogP contribution is -2.43. The first kappa shape index (κ1) is 22.8. The zero-order chi connectivity index (χ0) is 22.5. The Balaban J connectivity index is 1.65. The van der Waals surface area contributed by atoms with Gasteiger partial charge in [-0.3, -0.25) is 9.59 Å². The SMILES string of the molecule is Cc1ccc(C(C)C)c(OC(C)C(=O)N2CCCN(C(=O)c3ccccc3F)CC2)c1. The van der Waals surface area contributed by atoms with E-state index < -0.39 is 11.9 Å². The molecule has 0 bridgehead atoms. The summed E-state index contributed by atoms with van der Waals surface area (Å²) in [5, 5.41) is 0. The van der Waals surface area contributed by atoms with Crippen LogP contribution in [0.25, 0.3) is 0 Å². The Hall–Kier alpha value is -2.89. The second-order valence-corrected chi connectivity index (χ2v) is 8.41. The van der Waals surface area contributed by atoms with Crippen LogP contribution in [0, 0.1) is 12.7 Å². The minimum Gasteiger partial charge on any atom is -0.481 e. The molecule has 2 aromatic carbocycles. The minimum absolute atomic E-state index is 0.0691. The number of halogens is 1. The van der Waals surface area contributed by atoms with Crippen molar-refractivity contribution < 1.29 is 18.7 Å². The average molecular weight is 427 g/mol. The highest BCUT2D eigenvalue weighted by molar-refractivity contribution is 5.94. The molecule has 1 aliphatic rings. The molecule has 3 rings (SSSR count). The number of carbonyl (C=O) groups excluding carboxylic acids is 2. The van der Waals surface area contributed by atoms with Crippen LogP contribution in [0.3, 0.4) is 0 Å². The maximum absolute atomic E-state index is 14.0. The molecule has 1 unspecified atom stereocenters. The van der Waals surface area contributed by atoms with Gasteiger partial charge >= 0.3 is 0 Å². The van der Waals surface area contributed by atoms with E-state index in [1.165, 1.54) is 12.1 Å². The van der Waals surface area contributed by atoms with E-state index in [0.717, 1.165) is 16.9 Å². The van der Waals surface area contributed by atoms with Crippen LogP contribution in [0.2, 0.25) is 0 Å². The molecular formula is C25H31FN2O3. The summed E-state index contributed by atoms with van der Waals surface area (Å²) < 4.78 is 20.1. The zero-order valence-electron chi connectivity index (χ0n) is 18.7. The highest BCUT2D eigenvalue weighted by Gasteiger charge is 2.28. The van der Waals surface area contributed by atoms with Crippen molar-refractivity contribution in [2.45, 2.75) is 46.1 Å². The van der Waals surface area contributed by atoms with Crippen LogP contribution in [0.1, 0.15) is 54.6 Å². The van der Waals surface area contributed by atoms with Gasteiger partial charge in [-0.05, 0) is 55.5 Å². The van der Waals surface area contributed by atoms with Gasteiger partial charge in [0.25, 0.3) is 11.8 Å². The van der Waals surface area contributed by atoms with Crippen molar-refractivity contribution in [2.24, 2.45) is 0 Å². The Bertz CT molecular complexity index is 944. The number of aryl methyl sites for hydroxylation is 1. The fraction of sp³-hybridized carbons (Fsp3) is 0.440. The molecule has 0 saturated carbocycles. The Morgan fingerprint density at radius 3 is 2.35 bits per heavy atom. The summed E-state index contributed by atoms with van der Waals surface area (Å²) >= 11 is 0. The standard InChI is InChI=1S/C25H31FN2O3/c1-17(2)20-11-10-18(3)16-23(20)31-19(4)24(29)27-12-7-13-28(15-14-27)25(30)21-8-5-6-9-22(21)26/h5-6,8-11,16-17,19H,7,12-15H2,1-4H3. The average Bonchev–Trinajstić information content (AvgIpc) is 2.99. The van der Waals surface area contributed by atoms with Gasteiger partial charge in [0.2, 0.25) is 0 Å². The molecule has 2 aromatic rings. The van der Waals surface area contributed by atoms with Crippen molar-refractivity contribution in [1.82, 2.24) is 9.80 Å². The smallest absolute Gasteiger partial charge is 0.263 e. The van der Waals surface area contributed by atoms with Gasteiger partial charge < -0.3 is 14.5 Å². The van der Waals surface area contributed by atoms with Crippen LogP contribution in [-0.2, 0) is 4.79 Å². The molecule has 0 spiro atoms. The molecule has 6 heteroatoms. The Labute approximate surface area is 183 Å². The van der Waals surface area contributed by atoms with Crippen molar-refractivity contribution in [1.29, 1.82) is 0 Å². The van der Waals surface area contributed by atoms with Crippen molar-refractivity contribution in [3.05, 3.63) is 65.0 Å². The molecule has 0 aromatic heterocycles. The fourth-order valence-electron chi connectivity index (χ4n) is 3.86. The van der Waals surface area contributed by atoms with E-state index >= 15 is 0 Å². The van der Waals surface area contributed by atoms with Crippen LogP contribution < -0.4 is 4.74 Å². The predicted molar refractivity (Wildman–Crippen MR) is 119 cm³/mol. The minimum atomic E-state index is -0.631. The van der Waals surface area contributed by atoms with Crippen molar-refractivity contribution in [3.63, 3.8) is 0 Å². The highest BCUT2D eigenvalue weighted by Crippen LogP contribution is 2.28. The van der Waals surface area contributed by atoms with Crippen LogP contribution in [0.5, 0.6) is 5.75 Å². The number of nitrogens with zero attached hydrogens (tertiary/aromatic N) is 2. The van der Waals surface area contributed by atoms with Gasteiger partial charge in [0.15, 0.2) is 6.10 Å². The summed E-state index contributed by atoms with van der Waals surface area (Å²) in [6.45, 7) is 9.76. The first-order chi connectivity index (χ1) is 14.8. The fourth-order valence-corrected chi connectivity index (χ4v) is 3.86. The van der Waals surface area contributed by atoms with Gasteiger partial charge in [-0.2, -0.15) is 0 Å². The van der Waals surface area contributed by atoms with Gasteiger partial charge in [0, 0.05) is 26.2 Å². The molecular weight excluding hydrogens is 395 g/mol. The van der Waals surface area contributed by atoms with Gasteiger partial charge in [-0.25, -0.2) is 4.39 Å². The van der Waals surface area contributed by atoms with Crippen molar-refractivity contribution >= 4 is 11.8 Å². The molecule has 31 heavy (non-hydrogen) atoms. The van der Waals surface area contributed by atoms with E-state index in [1.807, 2.05) is 25.1 Å². The molecule has 1 heterocycles. The van der Waals surface area contributed by atoms with Crippen molar-refractivity contribution in [2.75, 3.05) is 26.2 Å². The summed E-state index contributed by atoms with van der Waals surface area (Å²) in [5.41, 5.74) is 2.22. The largest absolute Gasteiger partial charge is 0.481 e. The van der Waals surface area contributed by atoms with E-state index in [2.05, 4.69) is 13.8 Å². The predicted octanol–water partition coefficient (Wildman–Crippen LogP) is 4.40. The second kappa shape index (κ2) is 9.94. The number of benzene rings is 2. The summed E-state index contributed by atoms with van der Waals surface area (Å²) in [6.07, 6.45) is 0.00786. The highest BCUT2D eigenvalue weighted by atomic mass is 19.1. The number of hydrogen-bond acceptors (Lipinski definition) is 3. The maximum atomic E-state index is 14.0. The maximum Gasteiger partial charge on any atom is 0.263 e. The van der Waals surface area contributed by atoms with E-state index in [-0.39, 0.29) is 23.3 Å². The van der Waals surface area contributed by atoms with E-state index in [9.17, 15) is 14.0 Å². The number of rotatable bonds is 5. The molecule has 166 valence electrons.